The number of phenolic OH excluding ortho intramolecular Hbond substituents is 1. The number of rotatable bonds is 1. The van der Waals surface area contributed by atoms with Crippen molar-refractivity contribution in [3.8, 4) is 5.75 Å². The first-order valence-corrected chi connectivity index (χ1v) is 8.79. The van der Waals surface area contributed by atoms with Crippen molar-refractivity contribution in [2.45, 2.75) is 16.1 Å². The van der Waals surface area contributed by atoms with Crippen LogP contribution >= 0.6 is 31.9 Å². The summed E-state index contributed by atoms with van der Waals surface area (Å²) in [4.78, 5) is 27.2. The van der Waals surface area contributed by atoms with E-state index in [4.69, 9.17) is 0 Å². The zero-order valence-corrected chi connectivity index (χ0v) is 14.1. The van der Waals surface area contributed by atoms with Crippen molar-refractivity contribution in [1.82, 2.24) is 0 Å². The lowest BCUT2D eigenvalue weighted by molar-refractivity contribution is -0.123. The van der Waals surface area contributed by atoms with Crippen LogP contribution in [0, 0.1) is 23.7 Å². The van der Waals surface area contributed by atoms with Crippen LogP contribution in [0.1, 0.15) is 6.42 Å². The Morgan fingerprint density at radius 1 is 1.05 bits per heavy atom. The number of nitrogens with zero attached hydrogens (tertiary/aromatic N) is 1. The normalized spacial score (nSPS) is 41.0. The molecule has 21 heavy (non-hydrogen) atoms. The molecular formula is C15H13Br2NO3. The molecular weight excluding hydrogens is 402 g/mol. The molecule has 6 heteroatoms. The quantitative estimate of drug-likeness (QED) is 0.567. The summed E-state index contributed by atoms with van der Waals surface area (Å²) in [6, 6.07) is 6.34. The first-order chi connectivity index (χ1) is 10.0. The Bertz CT molecular complexity index is 618. The minimum atomic E-state index is -0.219. The highest BCUT2D eigenvalue weighted by Gasteiger charge is 2.66. The number of benzene rings is 1. The SMILES string of the molecule is O=C1[C@@H]2[C@H]3C[C@H]([C@H](Br)[C@@H]3Br)[C@@H]2C(=O)N1c1cccc(O)c1. The van der Waals surface area contributed by atoms with Crippen LogP contribution in [0.5, 0.6) is 5.75 Å². The summed E-state index contributed by atoms with van der Waals surface area (Å²) in [5, 5.41) is 9.59. The number of amides is 2. The van der Waals surface area contributed by atoms with E-state index in [-0.39, 0.29) is 50.9 Å². The van der Waals surface area contributed by atoms with Crippen LogP contribution in [0.4, 0.5) is 5.69 Å². The first-order valence-electron chi connectivity index (χ1n) is 6.95. The van der Waals surface area contributed by atoms with E-state index in [2.05, 4.69) is 31.9 Å². The lowest BCUT2D eigenvalue weighted by Crippen LogP contribution is -2.37. The van der Waals surface area contributed by atoms with Gasteiger partial charge in [-0.1, -0.05) is 37.9 Å². The third-order valence-corrected chi connectivity index (χ3v) is 8.28. The number of hydrogen-bond donors (Lipinski definition) is 1. The van der Waals surface area contributed by atoms with Gasteiger partial charge >= 0.3 is 0 Å². The number of carbonyl (C=O) groups excluding carboxylic acids is 2. The highest BCUT2D eigenvalue weighted by Crippen LogP contribution is 2.60. The Labute approximate surface area is 138 Å². The predicted molar refractivity (Wildman–Crippen MR) is 84.6 cm³/mol. The summed E-state index contributed by atoms with van der Waals surface area (Å²) < 4.78 is 0. The first kappa shape index (κ1) is 13.8. The minimum absolute atomic E-state index is 0.0601. The topological polar surface area (TPSA) is 57.6 Å². The lowest BCUT2D eigenvalue weighted by atomic mass is 9.81. The molecule has 2 amide bonds. The molecule has 1 heterocycles. The fourth-order valence-electron chi connectivity index (χ4n) is 4.24. The molecule has 0 spiro atoms. The van der Waals surface area contributed by atoms with E-state index >= 15 is 0 Å². The van der Waals surface area contributed by atoms with Crippen LogP contribution in [0.3, 0.4) is 0 Å². The van der Waals surface area contributed by atoms with Gasteiger partial charge in [-0.25, -0.2) is 4.90 Å². The maximum Gasteiger partial charge on any atom is 0.238 e. The standard InChI is InChI=1S/C15H13Br2NO3/c16-12-8-5-9(13(12)17)11-10(8)14(20)18(15(11)21)6-2-1-3-7(19)4-6/h1-4,8-13,19H,5H2/t8-,9+,10-,11+,12-,13+. The molecule has 2 aliphatic carbocycles. The Kier molecular flexibility index (Phi) is 2.99. The molecule has 1 N–H and O–H groups in total. The zero-order chi connectivity index (χ0) is 14.9. The second-order valence-corrected chi connectivity index (χ2v) is 8.15. The van der Waals surface area contributed by atoms with Crippen molar-refractivity contribution in [3.05, 3.63) is 24.3 Å². The number of alkyl halides is 2. The number of phenols is 1. The van der Waals surface area contributed by atoms with Gasteiger partial charge in [0.15, 0.2) is 0 Å². The molecule has 0 radical (unpaired) electrons. The maximum atomic E-state index is 12.7. The van der Waals surface area contributed by atoms with E-state index in [1.807, 2.05) is 0 Å². The van der Waals surface area contributed by atoms with Crippen molar-refractivity contribution >= 4 is 49.4 Å². The van der Waals surface area contributed by atoms with Crippen LogP contribution in [0.2, 0.25) is 0 Å². The summed E-state index contributed by atoms with van der Waals surface area (Å²) in [6.07, 6.45) is 0.923. The van der Waals surface area contributed by atoms with Gasteiger partial charge in [-0.2, -0.15) is 0 Å². The molecule has 1 aliphatic heterocycles. The summed E-state index contributed by atoms with van der Waals surface area (Å²) in [7, 11) is 0. The Morgan fingerprint density at radius 2 is 1.62 bits per heavy atom. The van der Waals surface area contributed by atoms with Gasteiger partial charge in [0.2, 0.25) is 11.8 Å². The van der Waals surface area contributed by atoms with Gasteiger partial charge in [-0.05, 0) is 30.4 Å². The molecule has 110 valence electrons. The van der Waals surface area contributed by atoms with Gasteiger partial charge in [0.1, 0.15) is 5.75 Å². The predicted octanol–water partition coefficient (Wildman–Crippen LogP) is 2.67. The Hall–Kier alpha value is -0.880. The van der Waals surface area contributed by atoms with E-state index in [9.17, 15) is 14.7 Å². The Balaban J connectivity index is 1.75. The van der Waals surface area contributed by atoms with E-state index in [1.165, 1.54) is 17.0 Å². The van der Waals surface area contributed by atoms with E-state index < -0.39 is 0 Å². The molecule has 0 unspecified atom stereocenters. The summed E-state index contributed by atoms with van der Waals surface area (Å²) >= 11 is 7.33. The molecule has 6 atom stereocenters. The minimum Gasteiger partial charge on any atom is -0.508 e. The molecule has 2 saturated carbocycles. The van der Waals surface area contributed by atoms with Gasteiger partial charge in [0.25, 0.3) is 0 Å². The molecule has 0 aromatic heterocycles. The van der Waals surface area contributed by atoms with Gasteiger partial charge in [0, 0.05) is 15.7 Å². The third kappa shape index (κ3) is 1.72. The second-order valence-electron chi connectivity index (χ2n) is 6.04. The molecule has 3 aliphatic rings. The highest BCUT2D eigenvalue weighted by molar-refractivity contribution is 9.12. The molecule has 4 rings (SSSR count). The van der Waals surface area contributed by atoms with Gasteiger partial charge in [-0.3, -0.25) is 9.59 Å². The number of carbonyl (C=O) groups is 2. The van der Waals surface area contributed by atoms with Crippen LogP contribution < -0.4 is 4.90 Å². The average molecular weight is 415 g/mol. The number of imide groups is 1. The fraction of sp³-hybridized carbons (Fsp3) is 0.467. The van der Waals surface area contributed by atoms with Crippen LogP contribution in [0.25, 0.3) is 0 Å². The van der Waals surface area contributed by atoms with Crippen molar-refractivity contribution in [1.29, 1.82) is 0 Å². The number of anilines is 1. The average Bonchev–Trinajstić information content (AvgIpc) is 3.04. The van der Waals surface area contributed by atoms with Crippen molar-refractivity contribution < 1.29 is 14.7 Å². The highest BCUT2D eigenvalue weighted by atomic mass is 79.9. The second kappa shape index (κ2) is 4.56. The molecule has 1 aromatic rings. The van der Waals surface area contributed by atoms with Gasteiger partial charge < -0.3 is 5.11 Å². The van der Waals surface area contributed by atoms with Crippen LogP contribution in [0.15, 0.2) is 24.3 Å². The van der Waals surface area contributed by atoms with E-state index in [1.54, 1.807) is 12.1 Å². The van der Waals surface area contributed by atoms with Crippen molar-refractivity contribution in [3.63, 3.8) is 0 Å². The summed E-state index contributed by atoms with van der Waals surface area (Å²) in [6.45, 7) is 0. The fourth-order valence-corrected chi connectivity index (χ4v) is 6.11. The van der Waals surface area contributed by atoms with E-state index in [0.29, 0.717) is 5.69 Å². The lowest BCUT2D eigenvalue weighted by Gasteiger charge is -2.28. The number of halogens is 2. The summed E-state index contributed by atoms with van der Waals surface area (Å²) in [5.41, 5.74) is 0.469. The monoisotopic (exact) mass is 413 g/mol. The Morgan fingerprint density at radius 3 is 2.14 bits per heavy atom. The number of hydrogen-bond acceptors (Lipinski definition) is 3. The van der Waals surface area contributed by atoms with E-state index in [0.717, 1.165) is 6.42 Å². The van der Waals surface area contributed by atoms with Crippen molar-refractivity contribution in [2.24, 2.45) is 23.7 Å². The summed E-state index contributed by atoms with van der Waals surface area (Å²) in [5.74, 6) is -0.193. The van der Waals surface area contributed by atoms with Crippen molar-refractivity contribution in [2.75, 3.05) is 4.90 Å². The molecule has 1 saturated heterocycles. The third-order valence-electron chi connectivity index (χ3n) is 5.08. The molecule has 4 nitrogen and oxygen atoms in total. The molecule has 3 fully saturated rings. The molecule has 2 bridgehead atoms. The van der Waals surface area contributed by atoms with Crippen LogP contribution in [-0.4, -0.2) is 26.6 Å². The van der Waals surface area contributed by atoms with Gasteiger partial charge in [0.05, 0.1) is 17.5 Å². The number of aromatic hydroxyl groups is 1. The largest absolute Gasteiger partial charge is 0.508 e. The maximum absolute atomic E-state index is 12.7. The number of fused-ring (bicyclic) bond motifs is 5. The zero-order valence-electron chi connectivity index (χ0n) is 10.9. The van der Waals surface area contributed by atoms with Crippen LogP contribution in [-0.2, 0) is 9.59 Å². The molecule has 1 aromatic carbocycles. The van der Waals surface area contributed by atoms with Gasteiger partial charge in [-0.15, -0.1) is 0 Å². The smallest absolute Gasteiger partial charge is 0.238 e.